The Kier molecular flexibility index (Phi) is 5.27. The van der Waals surface area contributed by atoms with Crippen molar-refractivity contribution in [3.8, 4) is 5.75 Å². The van der Waals surface area contributed by atoms with Gasteiger partial charge in [-0.05, 0) is 93.8 Å². The third kappa shape index (κ3) is 3.77. The summed E-state index contributed by atoms with van der Waals surface area (Å²) in [6.07, 6.45) is 0. The fraction of sp³-hybridized carbons (Fsp3) is 0.188. The van der Waals surface area contributed by atoms with E-state index in [-0.39, 0.29) is 5.91 Å². The van der Waals surface area contributed by atoms with Crippen LogP contribution < -0.4 is 10.1 Å². The number of ether oxygens (including phenoxy) is 1. The van der Waals surface area contributed by atoms with Crippen LogP contribution >= 0.6 is 38.5 Å². The average Bonchev–Trinajstić information content (AvgIpc) is 2.44. The first-order chi connectivity index (χ1) is 9.92. The molecule has 0 aromatic heterocycles. The first kappa shape index (κ1) is 16.3. The monoisotopic (exact) mass is 459 g/mol. The van der Waals surface area contributed by atoms with Gasteiger partial charge in [-0.3, -0.25) is 4.79 Å². The summed E-state index contributed by atoms with van der Waals surface area (Å²) in [7, 11) is 1.59. The minimum absolute atomic E-state index is 0.140. The molecular weight excluding hydrogens is 445 g/mol. The Morgan fingerprint density at radius 2 is 1.81 bits per heavy atom. The van der Waals surface area contributed by atoms with Gasteiger partial charge in [-0.25, -0.2) is 0 Å². The van der Waals surface area contributed by atoms with Gasteiger partial charge in [0, 0.05) is 14.8 Å². The molecule has 0 radical (unpaired) electrons. The van der Waals surface area contributed by atoms with Crippen LogP contribution in [0, 0.1) is 17.4 Å². The van der Waals surface area contributed by atoms with E-state index in [0.717, 1.165) is 21.3 Å². The number of anilines is 1. The highest BCUT2D eigenvalue weighted by molar-refractivity contribution is 14.1. The van der Waals surface area contributed by atoms with E-state index in [0.29, 0.717) is 11.3 Å². The number of methoxy groups -OCH3 is 1. The maximum Gasteiger partial charge on any atom is 0.255 e. The van der Waals surface area contributed by atoms with Crippen LogP contribution in [0.25, 0.3) is 0 Å². The number of halogens is 2. The summed E-state index contributed by atoms with van der Waals surface area (Å²) in [6.45, 7) is 4.07. The Morgan fingerprint density at radius 3 is 2.33 bits per heavy atom. The molecule has 5 heteroatoms. The molecule has 0 saturated carbocycles. The number of carbonyl (C=O) groups is 1. The van der Waals surface area contributed by atoms with Crippen LogP contribution in [0.2, 0.25) is 0 Å². The molecule has 0 aliphatic rings. The number of rotatable bonds is 3. The lowest BCUT2D eigenvalue weighted by molar-refractivity contribution is 0.102. The molecule has 0 unspecified atom stereocenters. The van der Waals surface area contributed by atoms with Gasteiger partial charge in [0.15, 0.2) is 0 Å². The van der Waals surface area contributed by atoms with Crippen LogP contribution in [0.5, 0.6) is 5.75 Å². The van der Waals surface area contributed by atoms with E-state index in [1.54, 1.807) is 25.3 Å². The summed E-state index contributed by atoms with van der Waals surface area (Å²) in [4.78, 5) is 12.3. The van der Waals surface area contributed by atoms with Gasteiger partial charge in [-0.15, -0.1) is 0 Å². The second kappa shape index (κ2) is 6.79. The maximum atomic E-state index is 12.3. The van der Waals surface area contributed by atoms with Gasteiger partial charge >= 0.3 is 0 Å². The van der Waals surface area contributed by atoms with Crippen LogP contribution in [0.1, 0.15) is 21.5 Å². The minimum Gasteiger partial charge on any atom is -0.496 e. The van der Waals surface area contributed by atoms with Crippen LogP contribution in [-0.2, 0) is 0 Å². The van der Waals surface area contributed by atoms with Crippen molar-refractivity contribution in [1.29, 1.82) is 0 Å². The third-order valence-corrected chi connectivity index (χ3v) is 5.43. The lowest BCUT2D eigenvalue weighted by Crippen LogP contribution is -2.12. The smallest absolute Gasteiger partial charge is 0.255 e. The molecule has 0 fully saturated rings. The van der Waals surface area contributed by atoms with E-state index in [4.69, 9.17) is 4.74 Å². The second-order valence-corrected chi connectivity index (χ2v) is 6.66. The molecule has 0 atom stereocenters. The highest BCUT2D eigenvalue weighted by atomic mass is 127. The van der Waals surface area contributed by atoms with Crippen LogP contribution in [0.15, 0.2) is 34.8 Å². The first-order valence-corrected chi connectivity index (χ1v) is 8.21. The van der Waals surface area contributed by atoms with Crippen molar-refractivity contribution < 1.29 is 9.53 Å². The molecule has 0 aliphatic heterocycles. The molecule has 0 bridgehead atoms. The fourth-order valence-corrected chi connectivity index (χ4v) is 2.88. The Labute approximate surface area is 146 Å². The molecule has 21 heavy (non-hydrogen) atoms. The summed E-state index contributed by atoms with van der Waals surface area (Å²) < 4.78 is 7.14. The van der Waals surface area contributed by atoms with Gasteiger partial charge in [-0.1, -0.05) is 0 Å². The van der Waals surface area contributed by atoms with Crippen molar-refractivity contribution in [3.05, 3.63) is 55.1 Å². The van der Waals surface area contributed by atoms with Gasteiger partial charge in [0.05, 0.1) is 11.6 Å². The predicted molar refractivity (Wildman–Crippen MR) is 97.3 cm³/mol. The molecule has 0 heterocycles. The van der Waals surface area contributed by atoms with E-state index in [1.807, 2.05) is 26.0 Å². The SMILES string of the molecule is COc1ccc(C(=O)Nc2cc(C)c(I)c(C)c2)cc1Br. The molecule has 2 aromatic rings. The number of aryl methyl sites for hydroxylation is 2. The minimum atomic E-state index is -0.140. The second-order valence-electron chi connectivity index (χ2n) is 4.73. The van der Waals surface area contributed by atoms with Crippen molar-refractivity contribution in [2.24, 2.45) is 0 Å². The van der Waals surface area contributed by atoms with Crippen LogP contribution in [0.4, 0.5) is 5.69 Å². The molecule has 3 nitrogen and oxygen atoms in total. The van der Waals surface area contributed by atoms with Crippen molar-refractivity contribution in [2.45, 2.75) is 13.8 Å². The highest BCUT2D eigenvalue weighted by Gasteiger charge is 2.10. The zero-order valence-corrected chi connectivity index (χ0v) is 15.7. The van der Waals surface area contributed by atoms with Crippen molar-refractivity contribution in [2.75, 3.05) is 12.4 Å². The van der Waals surface area contributed by atoms with Crippen molar-refractivity contribution in [3.63, 3.8) is 0 Å². The van der Waals surface area contributed by atoms with Gasteiger partial charge in [0.2, 0.25) is 0 Å². The summed E-state index contributed by atoms with van der Waals surface area (Å²) >= 11 is 5.70. The van der Waals surface area contributed by atoms with E-state index in [9.17, 15) is 4.79 Å². The average molecular weight is 460 g/mol. The lowest BCUT2D eigenvalue weighted by atomic mass is 10.1. The molecule has 1 amide bonds. The van der Waals surface area contributed by atoms with Gasteiger partial charge in [0.25, 0.3) is 5.91 Å². The fourth-order valence-electron chi connectivity index (χ4n) is 2.03. The van der Waals surface area contributed by atoms with Gasteiger partial charge < -0.3 is 10.1 Å². The first-order valence-electron chi connectivity index (χ1n) is 6.34. The molecule has 0 aliphatic carbocycles. The van der Waals surface area contributed by atoms with Crippen LogP contribution in [-0.4, -0.2) is 13.0 Å². The summed E-state index contributed by atoms with van der Waals surface area (Å²) in [5.74, 6) is 0.561. The molecule has 1 N–H and O–H groups in total. The summed E-state index contributed by atoms with van der Waals surface area (Å²) in [5, 5.41) is 2.93. The summed E-state index contributed by atoms with van der Waals surface area (Å²) in [5.41, 5.74) is 3.70. The highest BCUT2D eigenvalue weighted by Crippen LogP contribution is 2.26. The number of hydrogen-bond acceptors (Lipinski definition) is 2. The third-order valence-electron chi connectivity index (χ3n) is 3.11. The Bertz CT molecular complexity index is 678. The number of hydrogen-bond donors (Lipinski definition) is 1. The molecule has 2 rings (SSSR count). The largest absolute Gasteiger partial charge is 0.496 e. The number of amides is 1. The Morgan fingerprint density at radius 1 is 1.19 bits per heavy atom. The van der Waals surface area contributed by atoms with Gasteiger partial charge in [0.1, 0.15) is 5.75 Å². The maximum absolute atomic E-state index is 12.3. The Hall–Kier alpha value is -1.08. The van der Waals surface area contributed by atoms with E-state index in [1.165, 1.54) is 3.57 Å². The standard InChI is InChI=1S/C16H15BrINO2/c1-9-6-12(7-10(2)15(9)18)19-16(20)11-4-5-14(21-3)13(17)8-11/h4-8H,1-3H3,(H,19,20). The van der Waals surface area contributed by atoms with E-state index in [2.05, 4.69) is 43.8 Å². The zero-order chi connectivity index (χ0) is 15.6. The van der Waals surface area contributed by atoms with Crippen LogP contribution in [0.3, 0.4) is 0 Å². The predicted octanol–water partition coefficient (Wildman–Crippen LogP) is 4.93. The number of benzene rings is 2. The Balaban J connectivity index is 2.24. The molecule has 0 spiro atoms. The van der Waals surface area contributed by atoms with Crippen molar-refractivity contribution in [1.82, 2.24) is 0 Å². The van der Waals surface area contributed by atoms with E-state index >= 15 is 0 Å². The number of carbonyl (C=O) groups excluding carboxylic acids is 1. The number of nitrogens with one attached hydrogen (secondary N) is 1. The topological polar surface area (TPSA) is 38.3 Å². The van der Waals surface area contributed by atoms with Gasteiger partial charge in [-0.2, -0.15) is 0 Å². The molecular formula is C16H15BrINO2. The molecule has 0 saturated heterocycles. The lowest BCUT2D eigenvalue weighted by Gasteiger charge is -2.10. The van der Waals surface area contributed by atoms with E-state index < -0.39 is 0 Å². The molecule has 110 valence electrons. The normalized spacial score (nSPS) is 10.3. The zero-order valence-electron chi connectivity index (χ0n) is 12.0. The quantitative estimate of drug-likeness (QED) is 0.660. The molecule has 2 aromatic carbocycles. The van der Waals surface area contributed by atoms with Crippen molar-refractivity contribution >= 4 is 50.1 Å². The summed E-state index contributed by atoms with van der Waals surface area (Å²) in [6, 6.07) is 9.21.